The minimum absolute atomic E-state index is 0.128. The maximum absolute atomic E-state index is 12.9. The highest BCUT2D eigenvalue weighted by molar-refractivity contribution is 7.89. The molecule has 11 nitrogen and oxygen atoms in total. The number of thiazole rings is 1. The molecule has 166 valence electrons. The van der Waals surface area contributed by atoms with Crippen molar-refractivity contribution < 1.29 is 37.4 Å². The number of hydrogen-bond acceptors (Lipinski definition) is 10. The van der Waals surface area contributed by atoms with Gasteiger partial charge in [-0.1, -0.05) is 11.6 Å². The Kier molecular flexibility index (Phi) is 5.79. The lowest BCUT2D eigenvalue weighted by Crippen LogP contribution is -2.57. The summed E-state index contributed by atoms with van der Waals surface area (Å²) in [5.74, 6) is -0.575. The normalized spacial score (nSPS) is 24.9. The molecule has 14 heteroatoms. The Hall–Kier alpha value is -2.45. The lowest BCUT2D eigenvalue weighted by Gasteiger charge is -2.27. The van der Waals surface area contributed by atoms with Crippen molar-refractivity contribution in [3.63, 3.8) is 0 Å². The van der Waals surface area contributed by atoms with Crippen LogP contribution in [0.5, 0.6) is 5.75 Å². The van der Waals surface area contributed by atoms with Gasteiger partial charge in [-0.15, -0.1) is 11.3 Å². The van der Waals surface area contributed by atoms with Crippen LogP contribution in [0.1, 0.15) is 18.5 Å². The number of ether oxygens (including phenoxy) is 3. The van der Waals surface area contributed by atoms with Crippen LogP contribution in [0.2, 0.25) is 4.47 Å². The van der Waals surface area contributed by atoms with E-state index < -0.39 is 39.8 Å². The number of rotatable bonds is 7. The van der Waals surface area contributed by atoms with Gasteiger partial charge in [0.25, 0.3) is 5.91 Å². The molecule has 3 N–H and O–H groups in total. The summed E-state index contributed by atoms with van der Waals surface area (Å²) in [5, 5.41) is 10.9. The first-order valence-electron chi connectivity index (χ1n) is 8.89. The fraction of sp³-hybridized carbons (Fsp3) is 0.353. The molecule has 0 radical (unpaired) electrons. The zero-order valence-corrected chi connectivity index (χ0v) is 18.0. The summed E-state index contributed by atoms with van der Waals surface area (Å²) in [6.45, 7) is 0.162. The molecule has 0 spiro atoms. The van der Waals surface area contributed by atoms with Crippen molar-refractivity contribution in [1.29, 1.82) is 0 Å². The molecule has 0 bridgehead atoms. The van der Waals surface area contributed by atoms with E-state index in [4.69, 9.17) is 31.0 Å². The van der Waals surface area contributed by atoms with E-state index in [0.717, 1.165) is 0 Å². The average Bonchev–Trinajstić information content (AvgIpc) is 3.38. The van der Waals surface area contributed by atoms with E-state index in [1.54, 1.807) is 5.38 Å². The lowest BCUT2D eigenvalue weighted by atomic mass is 9.98. The van der Waals surface area contributed by atoms with Gasteiger partial charge in [0, 0.05) is 18.2 Å². The minimum atomic E-state index is -4.18. The van der Waals surface area contributed by atoms with Crippen LogP contribution in [0.4, 0.5) is 4.79 Å². The van der Waals surface area contributed by atoms with E-state index in [0.29, 0.717) is 15.9 Å². The van der Waals surface area contributed by atoms with Gasteiger partial charge >= 0.3 is 6.16 Å². The number of sulfonamides is 1. The SMILES string of the molecule is O=C1OC2CC(NS(=O)(=O)c3ccc(OCc4csc(Cl)n4)cc3)(C(=O)NO)CC2O1. The second kappa shape index (κ2) is 8.24. The van der Waals surface area contributed by atoms with Crippen molar-refractivity contribution in [2.45, 2.75) is 42.1 Å². The number of fused-ring (bicyclic) bond motifs is 1. The molecule has 31 heavy (non-hydrogen) atoms. The van der Waals surface area contributed by atoms with Crippen molar-refractivity contribution in [2.24, 2.45) is 0 Å². The number of nitrogens with one attached hydrogen (secondary N) is 2. The molecule has 2 fully saturated rings. The van der Waals surface area contributed by atoms with Gasteiger partial charge in [-0.3, -0.25) is 10.0 Å². The molecule has 1 amide bonds. The zero-order valence-electron chi connectivity index (χ0n) is 15.6. The number of aromatic nitrogens is 1. The number of halogens is 1. The van der Waals surface area contributed by atoms with Crippen LogP contribution in [0.25, 0.3) is 0 Å². The molecule has 4 rings (SSSR count). The molecule has 1 aliphatic carbocycles. The lowest BCUT2D eigenvalue weighted by molar-refractivity contribution is -0.136. The molecule has 1 saturated carbocycles. The van der Waals surface area contributed by atoms with Crippen LogP contribution in [-0.4, -0.2) is 48.4 Å². The number of carbonyl (C=O) groups excluding carboxylic acids is 2. The van der Waals surface area contributed by atoms with Crippen molar-refractivity contribution in [1.82, 2.24) is 15.2 Å². The van der Waals surface area contributed by atoms with Crippen LogP contribution >= 0.6 is 22.9 Å². The molecule has 2 atom stereocenters. The van der Waals surface area contributed by atoms with Crippen molar-refractivity contribution in [2.75, 3.05) is 0 Å². The van der Waals surface area contributed by atoms with Gasteiger partial charge in [0.1, 0.15) is 30.1 Å². The number of amides is 1. The fourth-order valence-electron chi connectivity index (χ4n) is 3.50. The second-order valence-corrected chi connectivity index (χ2v) is 10.1. The number of nitrogens with zero attached hydrogens (tertiary/aromatic N) is 1. The third-order valence-corrected chi connectivity index (χ3v) is 7.50. The summed E-state index contributed by atoms with van der Waals surface area (Å²) < 4.78 is 44.0. The smallest absolute Gasteiger partial charge is 0.487 e. The number of carbonyl (C=O) groups is 2. The largest absolute Gasteiger partial charge is 0.509 e. The van der Waals surface area contributed by atoms with Crippen LogP contribution < -0.4 is 14.9 Å². The first-order chi connectivity index (χ1) is 14.7. The van der Waals surface area contributed by atoms with Crippen molar-refractivity contribution >= 4 is 45.0 Å². The maximum Gasteiger partial charge on any atom is 0.509 e. The molecule has 2 heterocycles. The van der Waals surface area contributed by atoms with E-state index in [-0.39, 0.29) is 24.3 Å². The summed E-state index contributed by atoms with van der Waals surface area (Å²) in [4.78, 5) is 27.5. The predicted molar refractivity (Wildman–Crippen MR) is 105 cm³/mol. The van der Waals surface area contributed by atoms with Gasteiger partial charge in [0.2, 0.25) is 10.0 Å². The maximum atomic E-state index is 12.9. The minimum Gasteiger partial charge on any atom is -0.487 e. The molecule has 1 aliphatic heterocycles. The summed E-state index contributed by atoms with van der Waals surface area (Å²) in [7, 11) is -4.18. The summed E-state index contributed by atoms with van der Waals surface area (Å²) in [5.41, 5.74) is 0.361. The van der Waals surface area contributed by atoms with E-state index >= 15 is 0 Å². The third-order valence-electron chi connectivity index (χ3n) is 4.92. The highest BCUT2D eigenvalue weighted by atomic mass is 35.5. The van der Waals surface area contributed by atoms with Gasteiger partial charge < -0.3 is 14.2 Å². The quantitative estimate of drug-likeness (QED) is 0.299. The third kappa shape index (κ3) is 4.45. The summed E-state index contributed by atoms with van der Waals surface area (Å²) in [6.07, 6.45) is -2.87. The first kappa shape index (κ1) is 21.8. The average molecular weight is 490 g/mol. The summed E-state index contributed by atoms with van der Waals surface area (Å²) in [6, 6.07) is 5.52. The summed E-state index contributed by atoms with van der Waals surface area (Å²) >= 11 is 7.04. The molecule has 2 unspecified atom stereocenters. The highest BCUT2D eigenvalue weighted by Crippen LogP contribution is 2.39. The van der Waals surface area contributed by atoms with Crippen molar-refractivity contribution in [3.05, 3.63) is 39.8 Å². The molecule has 2 aliphatic rings. The Labute approximate surface area is 185 Å². The van der Waals surface area contributed by atoms with Crippen LogP contribution in [0.3, 0.4) is 0 Å². The van der Waals surface area contributed by atoms with E-state index in [2.05, 4.69) is 9.71 Å². The van der Waals surface area contributed by atoms with Gasteiger partial charge in [0.05, 0.1) is 10.6 Å². The van der Waals surface area contributed by atoms with E-state index in [1.807, 2.05) is 0 Å². The van der Waals surface area contributed by atoms with Crippen LogP contribution in [0.15, 0.2) is 34.5 Å². The number of hydrogen-bond donors (Lipinski definition) is 3. The first-order valence-corrected chi connectivity index (χ1v) is 11.6. The van der Waals surface area contributed by atoms with E-state index in [9.17, 15) is 18.0 Å². The van der Waals surface area contributed by atoms with Gasteiger partial charge in [0.15, 0.2) is 4.47 Å². The van der Waals surface area contributed by atoms with Gasteiger partial charge in [-0.05, 0) is 24.3 Å². The zero-order chi connectivity index (χ0) is 22.2. The van der Waals surface area contributed by atoms with Crippen molar-refractivity contribution in [3.8, 4) is 5.75 Å². The van der Waals surface area contributed by atoms with Crippen LogP contribution in [-0.2, 0) is 30.9 Å². The standard InChI is InChI=1S/C17H16ClN3O8S2/c18-15-19-9(8-30-15)7-27-10-1-3-11(4-2-10)31(25,26)21-17(14(22)20-24)5-12-13(6-17)29-16(23)28-12/h1-4,8,12-13,21,24H,5-7H2,(H,20,22). The Morgan fingerprint density at radius 3 is 2.48 bits per heavy atom. The highest BCUT2D eigenvalue weighted by Gasteiger charge is 2.58. The number of benzene rings is 1. The Balaban J connectivity index is 1.48. The second-order valence-electron chi connectivity index (χ2n) is 6.95. The van der Waals surface area contributed by atoms with E-state index in [1.165, 1.54) is 41.1 Å². The monoisotopic (exact) mass is 489 g/mol. The molecule has 1 saturated heterocycles. The molecule has 2 aromatic rings. The Morgan fingerprint density at radius 2 is 1.94 bits per heavy atom. The Morgan fingerprint density at radius 1 is 1.29 bits per heavy atom. The van der Waals surface area contributed by atoms with Gasteiger partial charge in [-0.2, -0.15) is 4.72 Å². The number of hydroxylamine groups is 1. The predicted octanol–water partition coefficient (Wildman–Crippen LogP) is 1.60. The Bertz CT molecular complexity index is 1090. The molecular weight excluding hydrogens is 474 g/mol. The topological polar surface area (TPSA) is 153 Å². The molecule has 1 aromatic heterocycles. The van der Waals surface area contributed by atoms with Gasteiger partial charge in [-0.25, -0.2) is 23.7 Å². The molecule has 1 aromatic carbocycles. The molecular formula is C17H16ClN3O8S2. The van der Waals surface area contributed by atoms with Crippen LogP contribution in [0, 0.1) is 0 Å². The fourth-order valence-corrected chi connectivity index (χ4v) is 5.65.